The maximum Gasteiger partial charge on any atom is 0.254 e. The second-order valence-corrected chi connectivity index (χ2v) is 8.85. The van der Waals surface area contributed by atoms with E-state index in [0.29, 0.717) is 30.3 Å². The number of aryl methyl sites for hydroxylation is 3. The SMILES string of the molecule is Cc1ccc(-c2c(F)cccc2C(=O)N2CCC3CN(c4nc(C)cc(C)n4)C3C2)nc1. The molecular weight excluding hydrogens is 405 g/mol. The Morgan fingerprint density at radius 2 is 1.84 bits per heavy atom. The number of aromatic nitrogens is 3. The van der Waals surface area contributed by atoms with E-state index in [4.69, 9.17) is 0 Å². The number of hydrogen-bond donors (Lipinski definition) is 0. The number of amides is 1. The van der Waals surface area contributed by atoms with Gasteiger partial charge in [-0.05, 0) is 57.0 Å². The minimum Gasteiger partial charge on any atom is -0.337 e. The van der Waals surface area contributed by atoms with Crippen LogP contribution in [-0.4, -0.2) is 51.4 Å². The maximum absolute atomic E-state index is 14.8. The monoisotopic (exact) mass is 431 g/mol. The average molecular weight is 432 g/mol. The summed E-state index contributed by atoms with van der Waals surface area (Å²) in [5.74, 6) is 0.659. The van der Waals surface area contributed by atoms with Crippen LogP contribution < -0.4 is 4.90 Å². The summed E-state index contributed by atoms with van der Waals surface area (Å²) in [4.78, 5) is 31.1. The fourth-order valence-corrected chi connectivity index (χ4v) is 4.80. The van der Waals surface area contributed by atoms with Crippen LogP contribution in [0.15, 0.2) is 42.6 Å². The minimum absolute atomic E-state index is 0.159. The number of hydrogen-bond acceptors (Lipinski definition) is 5. The number of rotatable bonds is 3. The fourth-order valence-electron chi connectivity index (χ4n) is 4.80. The molecule has 7 heteroatoms. The van der Waals surface area contributed by atoms with Crippen molar-refractivity contribution in [2.24, 2.45) is 5.92 Å². The molecule has 4 heterocycles. The van der Waals surface area contributed by atoms with Gasteiger partial charge in [-0.1, -0.05) is 12.1 Å². The van der Waals surface area contributed by atoms with Crippen molar-refractivity contribution in [3.63, 3.8) is 0 Å². The van der Waals surface area contributed by atoms with Gasteiger partial charge in [-0.3, -0.25) is 9.78 Å². The molecule has 2 unspecified atom stereocenters. The third-order valence-corrected chi connectivity index (χ3v) is 6.48. The van der Waals surface area contributed by atoms with E-state index in [1.807, 2.05) is 37.8 Å². The first-order valence-electron chi connectivity index (χ1n) is 11.0. The molecule has 2 aliphatic rings. The van der Waals surface area contributed by atoms with Gasteiger partial charge in [-0.25, -0.2) is 14.4 Å². The Labute approximate surface area is 187 Å². The zero-order valence-electron chi connectivity index (χ0n) is 18.5. The van der Waals surface area contributed by atoms with Gasteiger partial charge in [-0.2, -0.15) is 0 Å². The first-order chi connectivity index (χ1) is 15.4. The van der Waals surface area contributed by atoms with Crippen molar-refractivity contribution < 1.29 is 9.18 Å². The Balaban J connectivity index is 1.41. The van der Waals surface area contributed by atoms with Gasteiger partial charge < -0.3 is 9.80 Å². The molecule has 0 spiro atoms. The van der Waals surface area contributed by atoms with Crippen LogP contribution in [0.1, 0.15) is 33.7 Å². The number of pyridine rings is 1. The predicted octanol–water partition coefficient (Wildman–Crippen LogP) is 3.95. The summed E-state index contributed by atoms with van der Waals surface area (Å²) >= 11 is 0. The van der Waals surface area contributed by atoms with Crippen molar-refractivity contribution in [1.82, 2.24) is 19.9 Å². The summed E-state index contributed by atoms with van der Waals surface area (Å²) < 4.78 is 14.8. The molecule has 0 aliphatic carbocycles. The van der Waals surface area contributed by atoms with Crippen molar-refractivity contribution in [2.45, 2.75) is 33.2 Å². The Morgan fingerprint density at radius 3 is 2.56 bits per heavy atom. The molecule has 5 rings (SSSR count). The number of halogens is 1. The van der Waals surface area contributed by atoms with Crippen LogP contribution >= 0.6 is 0 Å². The van der Waals surface area contributed by atoms with Gasteiger partial charge in [0.25, 0.3) is 5.91 Å². The van der Waals surface area contributed by atoms with Crippen LogP contribution in [0.4, 0.5) is 10.3 Å². The first kappa shape index (κ1) is 20.5. The molecule has 0 N–H and O–H groups in total. The van der Waals surface area contributed by atoms with E-state index in [1.54, 1.807) is 24.4 Å². The van der Waals surface area contributed by atoms with Crippen molar-refractivity contribution in [2.75, 3.05) is 24.5 Å². The summed E-state index contributed by atoms with van der Waals surface area (Å²) in [6.45, 7) is 8.02. The molecule has 2 saturated heterocycles. The lowest BCUT2D eigenvalue weighted by atomic mass is 9.82. The maximum atomic E-state index is 14.8. The minimum atomic E-state index is -0.434. The van der Waals surface area contributed by atoms with Gasteiger partial charge in [-0.15, -0.1) is 0 Å². The van der Waals surface area contributed by atoms with Crippen molar-refractivity contribution >= 4 is 11.9 Å². The topological polar surface area (TPSA) is 62.2 Å². The van der Waals surface area contributed by atoms with Gasteiger partial charge in [0.05, 0.1) is 17.3 Å². The number of fused-ring (bicyclic) bond motifs is 1. The number of nitrogens with zero attached hydrogens (tertiary/aromatic N) is 5. The largest absolute Gasteiger partial charge is 0.337 e. The molecule has 3 aromatic rings. The Kier molecular flexibility index (Phi) is 5.12. The van der Waals surface area contributed by atoms with E-state index in [1.165, 1.54) is 6.07 Å². The second-order valence-electron chi connectivity index (χ2n) is 8.85. The molecule has 32 heavy (non-hydrogen) atoms. The highest BCUT2D eigenvalue weighted by Crippen LogP contribution is 2.36. The molecule has 2 aromatic heterocycles. The molecule has 0 bridgehead atoms. The Hall–Kier alpha value is -3.35. The fraction of sp³-hybridized carbons (Fsp3) is 0.360. The van der Waals surface area contributed by atoms with Crippen LogP contribution in [0.2, 0.25) is 0 Å². The zero-order chi connectivity index (χ0) is 22.4. The first-order valence-corrected chi connectivity index (χ1v) is 11.0. The number of piperidine rings is 1. The van der Waals surface area contributed by atoms with Crippen LogP contribution in [0.3, 0.4) is 0 Å². The molecule has 0 radical (unpaired) electrons. The van der Waals surface area contributed by atoms with Gasteiger partial charge >= 0.3 is 0 Å². The number of anilines is 1. The molecule has 0 saturated carbocycles. The summed E-state index contributed by atoms with van der Waals surface area (Å²) in [6.07, 6.45) is 2.61. The van der Waals surface area contributed by atoms with Gasteiger partial charge in [0.15, 0.2) is 0 Å². The van der Waals surface area contributed by atoms with E-state index in [9.17, 15) is 9.18 Å². The van der Waals surface area contributed by atoms with Gasteiger partial charge in [0.2, 0.25) is 5.95 Å². The van der Waals surface area contributed by atoms with E-state index >= 15 is 0 Å². The van der Waals surface area contributed by atoms with Crippen molar-refractivity contribution in [3.8, 4) is 11.3 Å². The third-order valence-electron chi connectivity index (χ3n) is 6.48. The normalized spacial score (nSPS) is 20.0. The summed E-state index contributed by atoms with van der Waals surface area (Å²) in [5.41, 5.74) is 3.96. The highest BCUT2D eigenvalue weighted by atomic mass is 19.1. The van der Waals surface area contributed by atoms with E-state index in [0.717, 1.165) is 35.9 Å². The third kappa shape index (κ3) is 3.61. The van der Waals surface area contributed by atoms with Crippen LogP contribution in [0.5, 0.6) is 0 Å². The quantitative estimate of drug-likeness (QED) is 0.628. The van der Waals surface area contributed by atoms with Crippen molar-refractivity contribution in [3.05, 3.63) is 70.9 Å². The van der Waals surface area contributed by atoms with E-state index < -0.39 is 5.82 Å². The molecule has 1 amide bonds. The summed E-state index contributed by atoms with van der Waals surface area (Å²) in [6, 6.07) is 10.5. The standard InChI is InChI=1S/C25H26FN5O/c1-15-7-8-21(27-12-15)23-19(5-4-6-20(23)26)24(32)30-10-9-18-13-31(22(18)14-30)25-28-16(2)11-17(3)29-25/h4-8,11-12,18,22H,9-10,13-14H2,1-3H3. The van der Waals surface area contributed by atoms with Crippen LogP contribution in [0.25, 0.3) is 11.3 Å². The lowest BCUT2D eigenvalue weighted by molar-refractivity contribution is 0.0589. The molecule has 2 atom stereocenters. The Morgan fingerprint density at radius 1 is 1.06 bits per heavy atom. The van der Waals surface area contributed by atoms with E-state index in [2.05, 4.69) is 19.9 Å². The molecule has 2 fully saturated rings. The van der Waals surface area contributed by atoms with Crippen LogP contribution in [-0.2, 0) is 0 Å². The highest BCUT2D eigenvalue weighted by Gasteiger charge is 2.45. The molecule has 6 nitrogen and oxygen atoms in total. The van der Waals surface area contributed by atoms with Gasteiger partial charge in [0.1, 0.15) is 5.82 Å². The number of benzene rings is 1. The number of likely N-dealkylation sites (tertiary alicyclic amines) is 1. The highest BCUT2D eigenvalue weighted by molar-refractivity contribution is 6.00. The Bertz CT molecular complexity index is 1160. The lowest BCUT2D eigenvalue weighted by Gasteiger charge is -2.53. The predicted molar refractivity (Wildman–Crippen MR) is 121 cm³/mol. The van der Waals surface area contributed by atoms with Gasteiger partial charge in [0, 0.05) is 48.7 Å². The van der Waals surface area contributed by atoms with E-state index in [-0.39, 0.29) is 17.5 Å². The number of carbonyl (C=O) groups is 1. The number of carbonyl (C=O) groups excluding carboxylic acids is 1. The molecule has 2 aliphatic heterocycles. The second kappa shape index (κ2) is 7.97. The summed E-state index contributed by atoms with van der Waals surface area (Å²) in [5, 5.41) is 0. The zero-order valence-corrected chi connectivity index (χ0v) is 18.5. The molecule has 164 valence electrons. The lowest BCUT2D eigenvalue weighted by Crippen LogP contribution is -2.65. The van der Waals surface area contributed by atoms with Crippen molar-refractivity contribution in [1.29, 1.82) is 0 Å². The average Bonchev–Trinajstić information content (AvgIpc) is 2.74. The summed E-state index contributed by atoms with van der Waals surface area (Å²) in [7, 11) is 0. The molecule has 1 aromatic carbocycles. The molecular formula is C25H26FN5O. The van der Waals surface area contributed by atoms with Crippen LogP contribution in [0, 0.1) is 32.5 Å². The smallest absolute Gasteiger partial charge is 0.254 e.